The van der Waals surface area contributed by atoms with Crippen molar-refractivity contribution in [3.05, 3.63) is 34.9 Å². The molecule has 0 radical (unpaired) electrons. The van der Waals surface area contributed by atoms with Crippen LogP contribution in [0.25, 0.3) is 0 Å². The number of rotatable bonds is 3. The van der Waals surface area contributed by atoms with Crippen LogP contribution in [0, 0.1) is 11.3 Å². The summed E-state index contributed by atoms with van der Waals surface area (Å²) in [6, 6.07) is 4.71. The van der Waals surface area contributed by atoms with Gasteiger partial charge in [-0.05, 0) is 24.1 Å². The van der Waals surface area contributed by atoms with Crippen molar-refractivity contribution in [2.45, 2.75) is 34.6 Å². The fraction of sp³-hybridized carbons (Fsp3) is 0.545. The Bertz CT molecular complexity index is 861. The number of nitrogens with zero attached hydrogens (tertiary/aromatic N) is 3. The van der Waals surface area contributed by atoms with Crippen LogP contribution in [0.2, 0.25) is 0 Å². The molecule has 7 heteroatoms. The molecule has 2 aliphatic rings. The summed E-state index contributed by atoms with van der Waals surface area (Å²) in [6.07, 6.45) is 0. The number of imide groups is 1. The summed E-state index contributed by atoms with van der Waals surface area (Å²) in [6.45, 7) is 11.8. The Morgan fingerprint density at radius 1 is 0.931 bits per heavy atom. The molecule has 0 unspecified atom stereocenters. The van der Waals surface area contributed by atoms with Gasteiger partial charge < -0.3 is 9.80 Å². The van der Waals surface area contributed by atoms with Gasteiger partial charge in [0.25, 0.3) is 17.7 Å². The molecular formula is C22H29N3O4. The number of hydrogen-bond donors (Lipinski definition) is 0. The number of fused-ring (bicyclic) bond motifs is 1. The number of carbonyl (C=O) groups is 4. The molecule has 0 N–H and O–H groups in total. The zero-order valence-electron chi connectivity index (χ0n) is 17.8. The number of hydrogen-bond acceptors (Lipinski definition) is 4. The van der Waals surface area contributed by atoms with Crippen LogP contribution in [-0.2, 0) is 4.79 Å². The van der Waals surface area contributed by atoms with Crippen LogP contribution >= 0.6 is 0 Å². The van der Waals surface area contributed by atoms with E-state index in [4.69, 9.17) is 0 Å². The Balaban J connectivity index is 1.72. The Morgan fingerprint density at radius 2 is 1.48 bits per heavy atom. The van der Waals surface area contributed by atoms with Gasteiger partial charge in [0.1, 0.15) is 0 Å². The molecule has 3 rings (SSSR count). The fourth-order valence-corrected chi connectivity index (χ4v) is 3.72. The van der Waals surface area contributed by atoms with Crippen molar-refractivity contribution in [2.75, 3.05) is 32.7 Å². The molecule has 1 saturated heterocycles. The first kappa shape index (κ1) is 21.0. The first-order chi connectivity index (χ1) is 13.5. The molecule has 2 heterocycles. The summed E-state index contributed by atoms with van der Waals surface area (Å²) in [5, 5.41) is 0. The van der Waals surface area contributed by atoms with Crippen LogP contribution in [0.1, 0.15) is 65.7 Å². The van der Waals surface area contributed by atoms with Gasteiger partial charge in [0.05, 0.1) is 11.1 Å². The first-order valence-electron chi connectivity index (χ1n) is 10.1. The molecule has 1 aromatic rings. The van der Waals surface area contributed by atoms with E-state index in [1.54, 1.807) is 21.9 Å². The molecule has 0 bridgehead atoms. The molecule has 156 valence electrons. The molecule has 7 nitrogen and oxygen atoms in total. The van der Waals surface area contributed by atoms with Crippen molar-refractivity contribution in [1.29, 1.82) is 0 Å². The van der Waals surface area contributed by atoms with Gasteiger partial charge in [-0.1, -0.05) is 34.6 Å². The predicted molar refractivity (Wildman–Crippen MR) is 109 cm³/mol. The highest BCUT2D eigenvalue weighted by Crippen LogP contribution is 2.26. The quantitative estimate of drug-likeness (QED) is 0.731. The van der Waals surface area contributed by atoms with Crippen LogP contribution < -0.4 is 0 Å². The molecule has 1 aromatic carbocycles. The van der Waals surface area contributed by atoms with Crippen molar-refractivity contribution >= 4 is 23.6 Å². The average molecular weight is 399 g/mol. The van der Waals surface area contributed by atoms with Crippen molar-refractivity contribution < 1.29 is 19.2 Å². The van der Waals surface area contributed by atoms with Gasteiger partial charge in [0.15, 0.2) is 0 Å². The molecule has 0 aliphatic carbocycles. The van der Waals surface area contributed by atoms with Crippen molar-refractivity contribution in [3.8, 4) is 0 Å². The molecule has 29 heavy (non-hydrogen) atoms. The lowest BCUT2D eigenvalue weighted by Crippen LogP contribution is -2.53. The lowest BCUT2D eigenvalue weighted by molar-refractivity contribution is -0.140. The topological polar surface area (TPSA) is 78.0 Å². The standard InChI is InChI=1S/C22H29N3O4/c1-14(2)13-25-19(27)16-7-6-15(12-17(16)20(25)28)18(26)23-8-10-24(11-9-23)21(29)22(3,4)5/h6-7,12,14H,8-11,13H2,1-5H3. The zero-order chi connectivity index (χ0) is 21.5. The summed E-state index contributed by atoms with van der Waals surface area (Å²) in [5.41, 5.74) is 0.601. The smallest absolute Gasteiger partial charge is 0.261 e. The van der Waals surface area contributed by atoms with Gasteiger partial charge in [0, 0.05) is 43.7 Å². The van der Waals surface area contributed by atoms with Crippen LogP contribution in [0.3, 0.4) is 0 Å². The first-order valence-corrected chi connectivity index (χ1v) is 10.1. The lowest BCUT2D eigenvalue weighted by Gasteiger charge is -2.37. The maximum absolute atomic E-state index is 12.9. The second kappa shape index (κ2) is 7.61. The van der Waals surface area contributed by atoms with E-state index in [1.165, 1.54) is 11.0 Å². The second-order valence-electron chi connectivity index (χ2n) is 9.21. The molecule has 2 aliphatic heterocycles. The molecular weight excluding hydrogens is 370 g/mol. The molecule has 0 spiro atoms. The molecule has 0 aromatic heterocycles. The summed E-state index contributed by atoms with van der Waals surface area (Å²) in [5.74, 6) is -0.568. The molecule has 0 atom stereocenters. The van der Waals surface area contributed by atoms with Crippen molar-refractivity contribution in [1.82, 2.24) is 14.7 Å². The van der Waals surface area contributed by atoms with Crippen LogP contribution in [0.4, 0.5) is 0 Å². The van der Waals surface area contributed by atoms with E-state index in [1.807, 2.05) is 34.6 Å². The van der Waals surface area contributed by atoms with Gasteiger partial charge in [-0.15, -0.1) is 0 Å². The highest BCUT2D eigenvalue weighted by atomic mass is 16.2. The van der Waals surface area contributed by atoms with E-state index in [0.717, 1.165) is 0 Å². The Kier molecular flexibility index (Phi) is 5.52. The van der Waals surface area contributed by atoms with Gasteiger partial charge in [-0.3, -0.25) is 24.1 Å². The summed E-state index contributed by atoms with van der Waals surface area (Å²) >= 11 is 0. The minimum absolute atomic E-state index is 0.0801. The fourth-order valence-electron chi connectivity index (χ4n) is 3.72. The summed E-state index contributed by atoms with van der Waals surface area (Å²) < 4.78 is 0. The monoisotopic (exact) mass is 399 g/mol. The Labute approximate surface area is 171 Å². The Hall–Kier alpha value is -2.70. The second-order valence-corrected chi connectivity index (χ2v) is 9.21. The largest absolute Gasteiger partial charge is 0.339 e. The normalized spacial score (nSPS) is 17.2. The van der Waals surface area contributed by atoms with E-state index in [2.05, 4.69) is 0 Å². The number of carbonyl (C=O) groups excluding carboxylic acids is 4. The zero-order valence-corrected chi connectivity index (χ0v) is 17.8. The minimum atomic E-state index is -0.444. The van der Waals surface area contributed by atoms with E-state index >= 15 is 0 Å². The van der Waals surface area contributed by atoms with E-state index in [-0.39, 0.29) is 29.5 Å². The molecule has 4 amide bonds. The van der Waals surface area contributed by atoms with Crippen molar-refractivity contribution in [3.63, 3.8) is 0 Å². The van der Waals surface area contributed by atoms with Gasteiger partial charge in [-0.2, -0.15) is 0 Å². The van der Waals surface area contributed by atoms with Gasteiger partial charge >= 0.3 is 0 Å². The number of piperazine rings is 1. The van der Waals surface area contributed by atoms with E-state index < -0.39 is 5.41 Å². The SMILES string of the molecule is CC(C)CN1C(=O)c2ccc(C(=O)N3CCN(C(=O)C(C)(C)C)CC3)cc2C1=O. The highest BCUT2D eigenvalue weighted by Gasteiger charge is 2.37. The Morgan fingerprint density at radius 3 is 2.03 bits per heavy atom. The van der Waals surface area contributed by atoms with E-state index in [0.29, 0.717) is 49.4 Å². The van der Waals surface area contributed by atoms with Crippen LogP contribution in [0.5, 0.6) is 0 Å². The average Bonchev–Trinajstić information content (AvgIpc) is 2.90. The lowest BCUT2D eigenvalue weighted by atomic mass is 9.94. The predicted octanol–water partition coefficient (Wildman–Crippen LogP) is 2.27. The van der Waals surface area contributed by atoms with Crippen molar-refractivity contribution in [2.24, 2.45) is 11.3 Å². The highest BCUT2D eigenvalue weighted by molar-refractivity contribution is 6.22. The minimum Gasteiger partial charge on any atom is -0.339 e. The molecule has 0 saturated carbocycles. The number of benzene rings is 1. The summed E-state index contributed by atoms with van der Waals surface area (Å²) in [7, 11) is 0. The third-order valence-electron chi connectivity index (χ3n) is 5.26. The number of amides is 4. The summed E-state index contributed by atoms with van der Waals surface area (Å²) in [4.78, 5) is 55.2. The maximum atomic E-state index is 12.9. The third-order valence-corrected chi connectivity index (χ3v) is 5.26. The van der Waals surface area contributed by atoms with Crippen LogP contribution in [0.15, 0.2) is 18.2 Å². The van der Waals surface area contributed by atoms with Gasteiger partial charge in [0.2, 0.25) is 5.91 Å². The third kappa shape index (κ3) is 4.04. The van der Waals surface area contributed by atoms with E-state index in [9.17, 15) is 19.2 Å². The maximum Gasteiger partial charge on any atom is 0.261 e. The van der Waals surface area contributed by atoms with Gasteiger partial charge in [-0.25, -0.2) is 0 Å². The van der Waals surface area contributed by atoms with Crippen LogP contribution in [-0.4, -0.2) is 71.1 Å². The molecule has 1 fully saturated rings.